The van der Waals surface area contributed by atoms with Crippen molar-refractivity contribution >= 4 is 17.3 Å². The normalized spacial score (nSPS) is 10.5. The molecule has 0 amide bonds. The summed E-state index contributed by atoms with van der Waals surface area (Å²) < 4.78 is 14.3. The molecule has 0 saturated carbocycles. The lowest BCUT2D eigenvalue weighted by Crippen LogP contribution is -2.23. The second kappa shape index (κ2) is 5.84. The van der Waals surface area contributed by atoms with Crippen molar-refractivity contribution < 1.29 is 4.39 Å². The van der Waals surface area contributed by atoms with Gasteiger partial charge in [0.1, 0.15) is 5.82 Å². The summed E-state index contributed by atoms with van der Waals surface area (Å²) in [5.41, 5.74) is 1.18. The third-order valence-electron chi connectivity index (χ3n) is 2.57. The molecule has 6 heteroatoms. The lowest BCUT2D eigenvalue weighted by Gasteiger charge is -2.07. The van der Waals surface area contributed by atoms with E-state index < -0.39 is 5.82 Å². The van der Waals surface area contributed by atoms with E-state index in [0.29, 0.717) is 5.69 Å². The van der Waals surface area contributed by atoms with Gasteiger partial charge in [-0.1, -0.05) is 17.7 Å². The Hall–Kier alpha value is -1.88. The molecule has 100 valence electrons. The highest BCUT2D eigenvalue weighted by atomic mass is 35.5. The van der Waals surface area contributed by atoms with E-state index in [1.807, 2.05) is 6.92 Å². The minimum Gasteiger partial charge on any atom is -0.384 e. The van der Waals surface area contributed by atoms with Gasteiger partial charge in [-0.15, -0.1) is 0 Å². The molecule has 2 aromatic rings. The molecule has 0 aliphatic rings. The summed E-state index contributed by atoms with van der Waals surface area (Å²) in [7, 11) is 0. The van der Waals surface area contributed by atoms with Crippen LogP contribution in [0, 0.1) is 5.82 Å². The van der Waals surface area contributed by atoms with E-state index in [4.69, 9.17) is 11.6 Å². The summed E-state index contributed by atoms with van der Waals surface area (Å²) in [6.45, 7) is 2.91. The Labute approximate surface area is 114 Å². The summed E-state index contributed by atoms with van der Waals surface area (Å²) in [5, 5.41) is 7.10. The zero-order valence-corrected chi connectivity index (χ0v) is 11.1. The third kappa shape index (κ3) is 3.32. The molecule has 1 aromatic carbocycles. The van der Waals surface area contributed by atoms with E-state index in [0.717, 1.165) is 12.1 Å². The molecule has 0 radical (unpaired) electrons. The van der Waals surface area contributed by atoms with Crippen LogP contribution in [0.4, 0.5) is 10.1 Å². The van der Waals surface area contributed by atoms with Crippen molar-refractivity contribution in [3.8, 4) is 0 Å². The molecule has 1 heterocycles. The van der Waals surface area contributed by atoms with Crippen LogP contribution in [-0.4, -0.2) is 16.3 Å². The molecule has 0 aliphatic carbocycles. The third-order valence-corrected chi connectivity index (χ3v) is 2.86. The predicted octanol–water partition coefficient (Wildman–Crippen LogP) is 2.52. The Morgan fingerprint density at radius 2 is 2.21 bits per heavy atom. The van der Waals surface area contributed by atoms with Crippen molar-refractivity contribution in [1.29, 1.82) is 0 Å². The lowest BCUT2D eigenvalue weighted by atomic mass is 10.2. The maximum Gasteiger partial charge on any atom is 0.269 e. The molecule has 0 aliphatic heterocycles. The van der Waals surface area contributed by atoms with Gasteiger partial charge < -0.3 is 5.32 Å². The maximum absolute atomic E-state index is 13.0. The Kier molecular flexibility index (Phi) is 4.16. The average Bonchev–Trinajstić information content (AvgIpc) is 2.37. The largest absolute Gasteiger partial charge is 0.384 e. The van der Waals surface area contributed by atoms with Crippen LogP contribution in [-0.2, 0) is 6.54 Å². The molecule has 0 spiro atoms. The Bertz CT molecular complexity index is 642. The van der Waals surface area contributed by atoms with Crippen LogP contribution >= 0.6 is 11.6 Å². The van der Waals surface area contributed by atoms with Crippen molar-refractivity contribution in [3.63, 3.8) is 0 Å². The minimum atomic E-state index is -0.479. The fraction of sp³-hybridized carbons (Fsp3) is 0.231. The highest BCUT2D eigenvalue weighted by Gasteiger charge is 2.04. The SMILES string of the molecule is CCNc1cnn(Cc2ccc(F)c(Cl)c2)c(=O)c1. The zero-order valence-electron chi connectivity index (χ0n) is 10.4. The van der Waals surface area contributed by atoms with Crippen LogP contribution in [0.3, 0.4) is 0 Å². The summed E-state index contributed by atoms with van der Waals surface area (Å²) in [6.07, 6.45) is 1.58. The fourth-order valence-electron chi connectivity index (χ4n) is 1.66. The highest BCUT2D eigenvalue weighted by molar-refractivity contribution is 6.30. The highest BCUT2D eigenvalue weighted by Crippen LogP contribution is 2.16. The first kappa shape index (κ1) is 13.5. The summed E-state index contributed by atoms with van der Waals surface area (Å²) in [5.74, 6) is -0.479. The van der Waals surface area contributed by atoms with Crippen molar-refractivity contribution in [2.24, 2.45) is 0 Å². The van der Waals surface area contributed by atoms with Gasteiger partial charge in [0.25, 0.3) is 5.56 Å². The zero-order chi connectivity index (χ0) is 13.8. The summed E-state index contributed by atoms with van der Waals surface area (Å²) in [4.78, 5) is 11.8. The molecule has 0 atom stereocenters. The van der Waals surface area contributed by atoms with Gasteiger partial charge in [0.15, 0.2) is 0 Å². The van der Waals surface area contributed by atoms with E-state index in [-0.39, 0.29) is 17.1 Å². The number of aromatic nitrogens is 2. The molecule has 0 bridgehead atoms. The first-order valence-corrected chi connectivity index (χ1v) is 6.23. The van der Waals surface area contributed by atoms with Gasteiger partial charge in [0, 0.05) is 12.6 Å². The Balaban J connectivity index is 2.23. The molecule has 1 aromatic heterocycles. The van der Waals surface area contributed by atoms with Gasteiger partial charge in [-0.2, -0.15) is 5.10 Å². The number of benzene rings is 1. The van der Waals surface area contributed by atoms with E-state index in [1.165, 1.54) is 22.9 Å². The molecule has 1 N–H and O–H groups in total. The molecular weight excluding hydrogens is 269 g/mol. The van der Waals surface area contributed by atoms with Gasteiger partial charge >= 0.3 is 0 Å². The molecule has 19 heavy (non-hydrogen) atoms. The Morgan fingerprint density at radius 1 is 1.42 bits per heavy atom. The number of nitrogens with one attached hydrogen (secondary N) is 1. The first-order valence-electron chi connectivity index (χ1n) is 5.85. The molecule has 4 nitrogen and oxygen atoms in total. The second-order valence-electron chi connectivity index (χ2n) is 4.02. The minimum absolute atomic E-state index is 0.0369. The van der Waals surface area contributed by atoms with Crippen LogP contribution in [0.2, 0.25) is 5.02 Å². The topological polar surface area (TPSA) is 46.9 Å². The number of hydrogen-bond acceptors (Lipinski definition) is 3. The maximum atomic E-state index is 13.0. The van der Waals surface area contributed by atoms with Crippen molar-refractivity contribution in [2.75, 3.05) is 11.9 Å². The van der Waals surface area contributed by atoms with Crippen molar-refractivity contribution in [1.82, 2.24) is 9.78 Å². The first-order chi connectivity index (χ1) is 9.10. The van der Waals surface area contributed by atoms with Gasteiger partial charge in [-0.25, -0.2) is 9.07 Å². The average molecular weight is 282 g/mol. The van der Waals surface area contributed by atoms with Gasteiger partial charge in [-0.3, -0.25) is 4.79 Å². The number of hydrogen-bond donors (Lipinski definition) is 1. The lowest BCUT2D eigenvalue weighted by molar-refractivity contribution is 0.619. The smallest absolute Gasteiger partial charge is 0.269 e. The van der Waals surface area contributed by atoms with E-state index in [2.05, 4.69) is 10.4 Å². The van der Waals surface area contributed by atoms with E-state index in [9.17, 15) is 9.18 Å². The molecule has 0 fully saturated rings. The summed E-state index contributed by atoms with van der Waals surface area (Å²) in [6, 6.07) is 5.81. The van der Waals surface area contributed by atoms with Gasteiger partial charge in [-0.05, 0) is 24.6 Å². The van der Waals surface area contributed by atoms with Crippen LogP contribution in [0.25, 0.3) is 0 Å². The van der Waals surface area contributed by atoms with E-state index in [1.54, 1.807) is 12.3 Å². The standard InChI is InChI=1S/C13H13ClFN3O/c1-2-16-10-6-13(19)18(17-7-10)8-9-3-4-12(15)11(14)5-9/h3-7,16H,2,8H2,1H3. The molecule has 0 saturated heterocycles. The van der Waals surface area contributed by atoms with E-state index >= 15 is 0 Å². The van der Waals surface area contributed by atoms with Crippen molar-refractivity contribution in [3.05, 3.63) is 57.2 Å². The predicted molar refractivity (Wildman–Crippen MR) is 73.2 cm³/mol. The van der Waals surface area contributed by atoms with Crippen LogP contribution < -0.4 is 10.9 Å². The van der Waals surface area contributed by atoms with Crippen LogP contribution in [0.5, 0.6) is 0 Å². The molecular formula is C13H13ClFN3O. The van der Waals surface area contributed by atoms with Gasteiger partial charge in [0.2, 0.25) is 0 Å². The number of anilines is 1. The molecule has 2 rings (SSSR count). The molecule has 0 unspecified atom stereocenters. The van der Waals surface area contributed by atoms with Crippen LogP contribution in [0.1, 0.15) is 12.5 Å². The number of halogens is 2. The second-order valence-corrected chi connectivity index (χ2v) is 4.43. The summed E-state index contributed by atoms with van der Waals surface area (Å²) >= 11 is 5.69. The number of rotatable bonds is 4. The quantitative estimate of drug-likeness (QED) is 0.937. The van der Waals surface area contributed by atoms with Crippen LogP contribution in [0.15, 0.2) is 35.3 Å². The van der Waals surface area contributed by atoms with Crippen molar-refractivity contribution in [2.45, 2.75) is 13.5 Å². The Morgan fingerprint density at radius 3 is 2.84 bits per heavy atom. The number of nitrogens with zero attached hydrogens (tertiary/aromatic N) is 2. The monoisotopic (exact) mass is 281 g/mol. The fourth-order valence-corrected chi connectivity index (χ4v) is 1.87. The van der Waals surface area contributed by atoms with Gasteiger partial charge in [0.05, 0.1) is 23.5 Å².